The van der Waals surface area contributed by atoms with Crippen molar-refractivity contribution in [1.29, 1.82) is 0 Å². The second-order valence-corrected chi connectivity index (χ2v) is 4.85. The second-order valence-electron chi connectivity index (χ2n) is 4.85. The number of rotatable bonds is 4. The minimum Gasteiger partial charge on any atom is -0.481 e. The summed E-state index contributed by atoms with van der Waals surface area (Å²) in [6.45, 7) is 0. The molecule has 4 atom stereocenters. The van der Waals surface area contributed by atoms with Crippen LogP contribution in [0.5, 0.6) is 0 Å². The summed E-state index contributed by atoms with van der Waals surface area (Å²) >= 11 is 0. The molecule has 0 saturated heterocycles. The van der Waals surface area contributed by atoms with Gasteiger partial charge in [0.2, 0.25) is 0 Å². The summed E-state index contributed by atoms with van der Waals surface area (Å²) in [6.07, 6.45) is 4.35. The molecule has 2 N–H and O–H groups in total. The van der Waals surface area contributed by atoms with Crippen LogP contribution in [0.1, 0.15) is 23.2 Å². The van der Waals surface area contributed by atoms with E-state index in [9.17, 15) is 19.8 Å². The van der Waals surface area contributed by atoms with Crippen molar-refractivity contribution in [2.75, 3.05) is 0 Å². The molecule has 1 aliphatic rings. The molecule has 0 aliphatic heterocycles. The molecule has 6 nitrogen and oxygen atoms in total. The van der Waals surface area contributed by atoms with E-state index >= 15 is 0 Å². The zero-order valence-electron chi connectivity index (χ0n) is 10.3. The zero-order chi connectivity index (χ0) is 14.3. The molecule has 0 spiro atoms. The van der Waals surface area contributed by atoms with Gasteiger partial charge in [-0.2, -0.15) is 0 Å². The highest BCUT2D eigenvalue weighted by atomic mass is 16.4. The third-order valence-corrected chi connectivity index (χ3v) is 3.92. The van der Waals surface area contributed by atoms with E-state index in [2.05, 4.69) is 0 Å². The minimum atomic E-state index is -1.13. The van der Waals surface area contributed by atoms with E-state index in [1.807, 2.05) is 0 Å². The van der Waals surface area contributed by atoms with Crippen molar-refractivity contribution in [2.45, 2.75) is 11.8 Å². The first-order valence-electron chi connectivity index (χ1n) is 6.12. The van der Waals surface area contributed by atoms with Gasteiger partial charge >= 0.3 is 11.9 Å². The monoisotopic (exact) mass is 276 g/mol. The Morgan fingerprint density at radius 2 is 1.70 bits per heavy atom. The Hall–Kier alpha value is -2.50. The van der Waals surface area contributed by atoms with Crippen molar-refractivity contribution in [3.63, 3.8) is 0 Å². The van der Waals surface area contributed by atoms with Crippen LogP contribution in [0, 0.1) is 11.8 Å². The average Bonchev–Trinajstić information content (AvgIpc) is 2.98. The fraction of sp³-hybridized carbons (Fsp3) is 0.286. The number of aliphatic carboxylic acids is 2. The first-order valence-corrected chi connectivity index (χ1v) is 6.12. The normalized spacial score (nSPS) is 28.8. The van der Waals surface area contributed by atoms with Crippen LogP contribution in [-0.4, -0.2) is 22.2 Å². The fourth-order valence-electron chi connectivity index (χ4n) is 3.08. The molecule has 0 bridgehead atoms. The molecule has 0 aromatic carbocycles. The predicted octanol–water partition coefficient (Wildman–Crippen LogP) is 2.16. The summed E-state index contributed by atoms with van der Waals surface area (Å²) in [5.74, 6) is -4.70. The summed E-state index contributed by atoms with van der Waals surface area (Å²) in [5.41, 5.74) is 0.677. The van der Waals surface area contributed by atoms with Gasteiger partial charge in [-0.3, -0.25) is 9.59 Å². The van der Waals surface area contributed by atoms with Crippen LogP contribution in [0.2, 0.25) is 0 Å². The Morgan fingerprint density at radius 3 is 2.20 bits per heavy atom. The lowest BCUT2D eigenvalue weighted by molar-refractivity contribution is -0.165. The van der Waals surface area contributed by atoms with Crippen molar-refractivity contribution in [1.82, 2.24) is 0 Å². The first kappa shape index (κ1) is 12.5. The standard InChI is InChI=1S/C14H12O6/c15-13(16)11-9(7-3-5-19-6-7)10(12(11)14(17)18)8-2-1-4-20-8/h1-6,9-12H,(H,15,16)(H,17,18)/t9-,10+,11+,12-/m0/s1. The van der Waals surface area contributed by atoms with Gasteiger partial charge in [-0.25, -0.2) is 0 Å². The molecule has 3 rings (SSSR count). The van der Waals surface area contributed by atoms with E-state index in [0.29, 0.717) is 11.3 Å². The van der Waals surface area contributed by atoms with E-state index in [-0.39, 0.29) is 0 Å². The van der Waals surface area contributed by atoms with Crippen LogP contribution in [0.4, 0.5) is 0 Å². The third-order valence-electron chi connectivity index (χ3n) is 3.92. The van der Waals surface area contributed by atoms with E-state index in [4.69, 9.17) is 8.83 Å². The fourth-order valence-corrected chi connectivity index (χ4v) is 3.08. The number of furan rings is 2. The number of hydrogen-bond donors (Lipinski definition) is 2. The van der Waals surface area contributed by atoms with Gasteiger partial charge in [-0.15, -0.1) is 0 Å². The van der Waals surface area contributed by atoms with E-state index in [0.717, 1.165) is 0 Å². The summed E-state index contributed by atoms with van der Waals surface area (Å²) in [7, 11) is 0. The molecule has 1 saturated carbocycles. The molecule has 1 aliphatic carbocycles. The third kappa shape index (κ3) is 1.72. The van der Waals surface area contributed by atoms with Crippen molar-refractivity contribution < 1.29 is 28.6 Å². The Morgan fingerprint density at radius 1 is 1.00 bits per heavy atom. The maximum atomic E-state index is 11.4. The topological polar surface area (TPSA) is 101 Å². The Balaban J connectivity index is 2.03. The largest absolute Gasteiger partial charge is 0.481 e. The Labute approximate surface area is 113 Å². The van der Waals surface area contributed by atoms with E-state index < -0.39 is 35.6 Å². The van der Waals surface area contributed by atoms with E-state index in [1.54, 1.807) is 18.2 Å². The van der Waals surface area contributed by atoms with Crippen molar-refractivity contribution in [3.05, 3.63) is 48.3 Å². The molecule has 2 aromatic rings. The van der Waals surface area contributed by atoms with Gasteiger partial charge < -0.3 is 19.0 Å². The highest BCUT2D eigenvalue weighted by molar-refractivity contribution is 5.85. The average molecular weight is 276 g/mol. The maximum Gasteiger partial charge on any atom is 0.308 e. The lowest BCUT2D eigenvalue weighted by Crippen LogP contribution is -2.51. The highest BCUT2D eigenvalue weighted by Gasteiger charge is 2.60. The minimum absolute atomic E-state index is 0.460. The summed E-state index contributed by atoms with van der Waals surface area (Å²) < 4.78 is 10.3. The van der Waals surface area contributed by atoms with Gasteiger partial charge in [-0.05, 0) is 23.8 Å². The Kier molecular flexibility index (Phi) is 2.85. The van der Waals surface area contributed by atoms with Gasteiger partial charge in [-0.1, -0.05) is 0 Å². The smallest absolute Gasteiger partial charge is 0.308 e. The van der Waals surface area contributed by atoms with Crippen molar-refractivity contribution in [2.24, 2.45) is 11.8 Å². The number of carboxylic acids is 2. The van der Waals surface area contributed by atoms with Crippen LogP contribution in [0.25, 0.3) is 0 Å². The number of carbonyl (C=O) groups is 2. The van der Waals surface area contributed by atoms with Gasteiger partial charge in [0.25, 0.3) is 0 Å². The molecule has 6 heteroatoms. The Bertz CT molecular complexity index is 556. The van der Waals surface area contributed by atoms with Crippen molar-refractivity contribution >= 4 is 11.9 Å². The molecule has 0 unspecified atom stereocenters. The van der Waals surface area contributed by atoms with Gasteiger partial charge in [0.15, 0.2) is 0 Å². The van der Waals surface area contributed by atoms with Crippen LogP contribution >= 0.6 is 0 Å². The van der Waals surface area contributed by atoms with Crippen LogP contribution in [0.3, 0.4) is 0 Å². The second kappa shape index (κ2) is 4.56. The zero-order valence-corrected chi connectivity index (χ0v) is 10.3. The molecule has 0 amide bonds. The quantitative estimate of drug-likeness (QED) is 0.887. The molecular weight excluding hydrogens is 264 g/mol. The van der Waals surface area contributed by atoms with Gasteiger partial charge in [0.05, 0.1) is 30.6 Å². The van der Waals surface area contributed by atoms with Gasteiger partial charge in [0, 0.05) is 11.8 Å². The summed E-state index contributed by atoms with van der Waals surface area (Å²) in [4.78, 5) is 22.8. The van der Waals surface area contributed by atoms with Crippen LogP contribution < -0.4 is 0 Å². The maximum absolute atomic E-state index is 11.4. The molecule has 2 aromatic heterocycles. The van der Waals surface area contributed by atoms with Crippen LogP contribution in [-0.2, 0) is 9.59 Å². The van der Waals surface area contributed by atoms with Crippen LogP contribution in [0.15, 0.2) is 45.8 Å². The summed E-state index contributed by atoms with van der Waals surface area (Å²) in [5, 5.41) is 18.6. The summed E-state index contributed by atoms with van der Waals surface area (Å²) in [6, 6.07) is 5.00. The molecule has 1 fully saturated rings. The SMILES string of the molecule is O=C(O)[C@@H]1[C@H](C(=O)O)[C@@H](c2ccoc2)[C@H]1c1ccco1. The molecule has 20 heavy (non-hydrogen) atoms. The highest BCUT2D eigenvalue weighted by Crippen LogP contribution is 2.58. The number of carboxylic acid groups (broad SMARTS) is 2. The lowest BCUT2D eigenvalue weighted by Gasteiger charge is -2.46. The first-order chi connectivity index (χ1) is 9.61. The molecule has 104 valence electrons. The predicted molar refractivity (Wildman–Crippen MR) is 65.1 cm³/mol. The lowest BCUT2D eigenvalue weighted by atomic mass is 9.54. The molecule has 0 radical (unpaired) electrons. The number of hydrogen-bond acceptors (Lipinski definition) is 4. The van der Waals surface area contributed by atoms with Crippen molar-refractivity contribution in [3.8, 4) is 0 Å². The molecular formula is C14H12O6. The van der Waals surface area contributed by atoms with E-state index in [1.165, 1.54) is 18.8 Å². The molecule has 2 heterocycles. The van der Waals surface area contributed by atoms with Gasteiger partial charge in [0.1, 0.15) is 5.76 Å².